The summed E-state index contributed by atoms with van der Waals surface area (Å²) in [5, 5.41) is 14.1. The number of nitrogens with one attached hydrogen (secondary N) is 1. The van der Waals surface area contributed by atoms with Gasteiger partial charge in [0.25, 0.3) is 5.69 Å². The van der Waals surface area contributed by atoms with Gasteiger partial charge in [-0.05, 0) is 12.1 Å². The number of non-ortho nitro benzene ring substituents is 1. The molecule has 11 heteroatoms. The minimum absolute atomic E-state index is 0.199. The fourth-order valence-corrected chi connectivity index (χ4v) is 3.19. The van der Waals surface area contributed by atoms with Gasteiger partial charge in [-0.15, -0.1) is 0 Å². The first kappa shape index (κ1) is 19.5. The van der Waals surface area contributed by atoms with Gasteiger partial charge in [0.05, 0.1) is 27.4 Å². The van der Waals surface area contributed by atoms with E-state index in [1.165, 1.54) is 6.33 Å². The number of carbonyl (C=O) groups is 1. The number of benzene rings is 2. The first-order valence-corrected chi connectivity index (χ1v) is 8.72. The van der Waals surface area contributed by atoms with Crippen LogP contribution in [-0.4, -0.2) is 26.6 Å². The second-order valence-corrected chi connectivity index (χ2v) is 6.48. The van der Waals surface area contributed by atoms with Crippen LogP contribution >= 0.6 is 11.8 Å². The van der Waals surface area contributed by atoms with Crippen molar-refractivity contribution in [2.45, 2.75) is 11.2 Å². The van der Waals surface area contributed by atoms with Crippen LogP contribution in [0.1, 0.15) is 5.56 Å². The highest BCUT2D eigenvalue weighted by Gasteiger charge is 2.35. The summed E-state index contributed by atoms with van der Waals surface area (Å²) in [7, 11) is 0. The number of nitro benzene ring substituents is 1. The van der Waals surface area contributed by atoms with Crippen molar-refractivity contribution in [2.75, 3.05) is 11.1 Å². The van der Waals surface area contributed by atoms with E-state index >= 15 is 0 Å². The Bertz CT molecular complexity index is 1050. The third-order valence-electron chi connectivity index (χ3n) is 3.64. The van der Waals surface area contributed by atoms with Gasteiger partial charge in [0.1, 0.15) is 11.4 Å². The number of amides is 1. The zero-order valence-corrected chi connectivity index (χ0v) is 14.8. The summed E-state index contributed by atoms with van der Waals surface area (Å²) in [6, 6.07) is 9.27. The fourth-order valence-electron chi connectivity index (χ4n) is 2.40. The van der Waals surface area contributed by atoms with Crippen molar-refractivity contribution >= 4 is 39.9 Å². The maximum Gasteiger partial charge on any atom is 0.418 e. The normalized spacial score (nSPS) is 11.4. The van der Waals surface area contributed by atoms with E-state index < -0.39 is 33.9 Å². The first-order chi connectivity index (χ1) is 13.3. The highest BCUT2D eigenvalue weighted by molar-refractivity contribution is 8.00. The van der Waals surface area contributed by atoms with Crippen LogP contribution in [0.3, 0.4) is 0 Å². The van der Waals surface area contributed by atoms with E-state index in [9.17, 15) is 28.1 Å². The second kappa shape index (κ2) is 7.80. The summed E-state index contributed by atoms with van der Waals surface area (Å²) in [5.41, 5.74) is -1.87. The third kappa shape index (κ3) is 4.36. The van der Waals surface area contributed by atoms with E-state index in [-0.39, 0.29) is 5.75 Å². The van der Waals surface area contributed by atoms with Crippen molar-refractivity contribution in [3.63, 3.8) is 0 Å². The number of nitrogens with zero attached hydrogens (tertiary/aromatic N) is 3. The van der Waals surface area contributed by atoms with Gasteiger partial charge in [-0.3, -0.25) is 14.9 Å². The molecule has 2 aromatic carbocycles. The van der Waals surface area contributed by atoms with E-state index in [1.807, 2.05) is 0 Å². The molecular weight excluding hydrogens is 397 g/mol. The van der Waals surface area contributed by atoms with Gasteiger partial charge in [0.15, 0.2) is 0 Å². The number of para-hydroxylation sites is 1. The van der Waals surface area contributed by atoms with Gasteiger partial charge >= 0.3 is 6.18 Å². The summed E-state index contributed by atoms with van der Waals surface area (Å²) >= 11 is 1.05. The molecule has 1 amide bonds. The molecule has 0 atom stereocenters. The lowest BCUT2D eigenvalue weighted by Gasteiger charge is -2.13. The molecule has 7 nitrogen and oxygen atoms in total. The zero-order chi connectivity index (χ0) is 20.3. The van der Waals surface area contributed by atoms with Gasteiger partial charge < -0.3 is 5.32 Å². The summed E-state index contributed by atoms with van der Waals surface area (Å²) in [4.78, 5) is 30.1. The summed E-state index contributed by atoms with van der Waals surface area (Å²) in [6.45, 7) is 0. The van der Waals surface area contributed by atoms with E-state index in [1.54, 1.807) is 24.3 Å². The van der Waals surface area contributed by atoms with Crippen molar-refractivity contribution in [3.8, 4) is 0 Å². The Hall–Kier alpha value is -3.21. The summed E-state index contributed by atoms with van der Waals surface area (Å²) in [5.74, 6) is -0.901. The molecule has 144 valence electrons. The Morgan fingerprint density at radius 1 is 1.18 bits per heavy atom. The van der Waals surface area contributed by atoms with E-state index in [0.29, 0.717) is 22.0 Å². The third-order valence-corrected chi connectivity index (χ3v) is 4.64. The highest BCUT2D eigenvalue weighted by atomic mass is 32.2. The molecular formula is C17H11F3N4O3S. The molecule has 28 heavy (non-hydrogen) atoms. The second-order valence-electron chi connectivity index (χ2n) is 5.52. The van der Waals surface area contributed by atoms with Crippen LogP contribution in [-0.2, 0) is 11.0 Å². The number of carbonyl (C=O) groups excluding carboxylic acids is 1. The SMILES string of the molecule is O=C(CSc1ncnc2ccccc12)Nc1ccc([N+](=O)[O-])cc1C(F)(F)F. The number of aromatic nitrogens is 2. The van der Waals surface area contributed by atoms with Gasteiger partial charge in [0.2, 0.25) is 5.91 Å². The summed E-state index contributed by atoms with van der Waals surface area (Å²) < 4.78 is 39.5. The molecule has 0 radical (unpaired) electrons. The van der Waals surface area contributed by atoms with Crippen molar-refractivity contribution < 1.29 is 22.9 Å². The average Bonchev–Trinajstić information content (AvgIpc) is 2.65. The molecule has 0 aliphatic heterocycles. The van der Waals surface area contributed by atoms with Crippen LogP contribution in [0.15, 0.2) is 53.8 Å². The molecule has 3 rings (SSSR count). The maximum atomic E-state index is 13.2. The fraction of sp³-hybridized carbons (Fsp3) is 0.118. The van der Waals surface area contributed by atoms with Crippen LogP contribution in [0.5, 0.6) is 0 Å². The molecule has 0 bridgehead atoms. The molecule has 0 saturated carbocycles. The zero-order valence-electron chi connectivity index (χ0n) is 13.9. The number of fused-ring (bicyclic) bond motifs is 1. The van der Waals surface area contributed by atoms with E-state index in [4.69, 9.17) is 0 Å². The van der Waals surface area contributed by atoms with Gasteiger partial charge in [-0.25, -0.2) is 9.97 Å². The number of alkyl halides is 3. The van der Waals surface area contributed by atoms with E-state index in [0.717, 1.165) is 23.9 Å². The van der Waals surface area contributed by atoms with Crippen LogP contribution < -0.4 is 5.32 Å². The lowest BCUT2D eigenvalue weighted by Crippen LogP contribution is -2.18. The number of halogens is 3. The van der Waals surface area contributed by atoms with Crippen molar-refractivity contribution in [1.82, 2.24) is 9.97 Å². The minimum Gasteiger partial charge on any atom is -0.325 e. The van der Waals surface area contributed by atoms with Gasteiger partial charge in [-0.2, -0.15) is 13.2 Å². The molecule has 0 aliphatic rings. The number of hydrogen-bond acceptors (Lipinski definition) is 6. The lowest BCUT2D eigenvalue weighted by molar-refractivity contribution is -0.385. The molecule has 0 spiro atoms. The van der Waals surface area contributed by atoms with Gasteiger partial charge in [-0.1, -0.05) is 30.0 Å². The first-order valence-electron chi connectivity index (χ1n) is 7.74. The highest BCUT2D eigenvalue weighted by Crippen LogP contribution is 2.37. The lowest BCUT2D eigenvalue weighted by atomic mass is 10.1. The number of anilines is 1. The molecule has 1 heterocycles. The molecule has 0 aliphatic carbocycles. The Morgan fingerprint density at radius 2 is 1.93 bits per heavy atom. The molecule has 3 aromatic rings. The Labute approximate surface area is 160 Å². The van der Waals surface area contributed by atoms with E-state index in [2.05, 4.69) is 15.3 Å². The maximum absolute atomic E-state index is 13.2. The number of hydrogen-bond donors (Lipinski definition) is 1. The quantitative estimate of drug-likeness (QED) is 0.293. The Kier molecular flexibility index (Phi) is 5.45. The minimum atomic E-state index is -4.86. The number of nitro groups is 1. The predicted octanol–water partition coefficient (Wildman–Crippen LogP) is 4.29. The number of rotatable bonds is 5. The predicted molar refractivity (Wildman–Crippen MR) is 97.0 cm³/mol. The van der Waals surface area contributed by atoms with Gasteiger partial charge in [0, 0.05) is 17.5 Å². The van der Waals surface area contributed by atoms with Crippen LogP contribution in [0.2, 0.25) is 0 Å². The van der Waals surface area contributed by atoms with Crippen LogP contribution in [0, 0.1) is 10.1 Å². The monoisotopic (exact) mass is 408 g/mol. The molecule has 0 fully saturated rings. The topological polar surface area (TPSA) is 98.0 Å². The van der Waals surface area contributed by atoms with Crippen LogP contribution in [0.25, 0.3) is 10.9 Å². The van der Waals surface area contributed by atoms with Crippen molar-refractivity contribution in [2.24, 2.45) is 0 Å². The average molecular weight is 408 g/mol. The standard InChI is InChI=1S/C17H11F3N4O3S/c18-17(19,20)12-7-10(24(26)27)5-6-14(12)23-15(25)8-28-16-11-3-1-2-4-13(11)21-9-22-16/h1-7,9H,8H2,(H,23,25). The molecule has 1 N–H and O–H groups in total. The van der Waals surface area contributed by atoms with Crippen LogP contribution in [0.4, 0.5) is 24.5 Å². The van der Waals surface area contributed by atoms with Crippen molar-refractivity contribution in [3.05, 3.63) is 64.5 Å². The Balaban J connectivity index is 1.77. The Morgan fingerprint density at radius 3 is 2.64 bits per heavy atom. The number of thioether (sulfide) groups is 1. The summed E-state index contributed by atoms with van der Waals surface area (Å²) in [6.07, 6.45) is -3.52. The molecule has 0 saturated heterocycles. The largest absolute Gasteiger partial charge is 0.418 e. The smallest absolute Gasteiger partial charge is 0.325 e. The molecule has 0 unspecified atom stereocenters. The molecule has 1 aromatic heterocycles. The van der Waals surface area contributed by atoms with Crippen molar-refractivity contribution in [1.29, 1.82) is 0 Å².